The van der Waals surface area contributed by atoms with Gasteiger partial charge in [0.1, 0.15) is 6.10 Å². The maximum atomic E-state index is 11.8. The van der Waals surface area contributed by atoms with Gasteiger partial charge in [-0.2, -0.15) is 0 Å². The van der Waals surface area contributed by atoms with E-state index in [-0.39, 0.29) is 6.10 Å². The number of ether oxygens (including phenoxy) is 2. The Hall–Kier alpha value is -1.71. The number of methoxy groups -OCH3 is 1. The Morgan fingerprint density at radius 3 is 2.70 bits per heavy atom. The van der Waals surface area contributed by atoms with Crippen LogP contribution >= 0.6 is 0 Å². The topological polar surface area (TPSA) is 55.8 Å². The summed E-state index contributed by atoms with van der Waals surface area (Å²) in [6.45, 7) is 2.02. The van der Waals surface area contributed by atoms with Crippen molar-refractivity contribution in [3.63, 3.8) is 0 Å². The van der Waals surface area contributed by atoms with Gasteiger partial charge in [-0.05, 0) is 31.4 Å². The highest BCUT2D eigenvalue weighted by molar-refractivity contribution is 5.82. The van der Waals surface area contributed by atoms with Gasteiger partial charge in [-0.25, -0.2) is 0 Å². The molecule has 1 aliphatic heterocycles. The molecule has 0 saturated heterocycles. The summed E-state index contributed by atoms with van der Waals surface area (Å²) < 4.78 is 11.2. The lowest BCUT2D eigenvalue weighted by atomic mass is 9.78. The zero-order chi connectivity index (χ0) is 14.3. The Balaban J connectivity index is 2.11. The predicted octanol–water partition coefficient (Wildman–Crippen LogP) is 2.92. The van der Waals surface area contributed by atoms with Gasteiger partial charge in [0.2, 0.25) is 0 Å². The minimum Gasteiger partial charge on any atom is -0.493 e. The van der Waals surface area contributed by atoms with E-state index >= 15 is 0 Å². The third-order valence-corrected chi connectivity index (χ3v) is 4.60. The zero-order valence-corrected chi connectivity index (χ0v) is 11.9. The predicted molar refractivity (Wildman–Crippen MR) is 74.6 cm³/mol. The van der Waals surface area contributed by atoms with Crippen LogP contribution in [-0.4, -0.2) is 24.3 Å². The van der Waals surface area contributed by atoms with Gasteiger partial charge >= 0.3 is 5.97 Å². The van der Waals surface area contributed by atoms with Gasteiger partial charge in [0.05, 0.1) is 12.5 Å². The van der Waals surface area contributed by atoms with Crippen molar-refractivity contribution in [1.82, 2.24) is 0 Å². The Kier molecular flexibility index (Phi) is 3.11. The summed E-state index contributed by atoms with van der Waals surface area (Å²) in [5.74, 6) is 0.723. The fourth-order valence-electron chi connectivity index (χ4n) is 3.53. The van der Waals surface area contributed by atoms with Crippen molar-refractivity contribution >= 4 is 5.97 Å². The van der Waals surface area contributed by atoms with E-state index in [1.54, 1.807) is 7.11 Å². The van der Waals surface area contributed by atoms with Crippen LogP contribution in [0.1, 0.15) is 43.7 Å². The Morgan fingerprint density at radius 1 is 1.40 bits per heavy atom. The molecule has 1 saturated carbocycles. The Labute approximate surface area is 118 Å². The van der Waals surface area contributed by atoms with Crippen LogP contribution in [0.5, 0.6) is 11.5 Å². The lowest BCUT2D eigenvalue weighted by Crippen LogP contribution is -2.32. The molecule has 1 atom stereocenters. The van der Waals surface area contributed by atoms with Gasteiger partial charge in [0.15, 0.2) is 11.5 Å². The molecule has 1 heterocycles. The van der Waals surface area contributed by atoms with Gasteiger partial charge < -0.3 is 14.6 Å². The summed E-state index contributed by atoms with van der Waals surface area (Å²) in [6, 6.07) is 3.87. The average Bonchev–Trinajstić information content (AvgIpc) is 3.02. The molecule has 4 heteroatoms. The third kappa shape index (κ3) is 1.86. The molecular weight excluding hydrogens is 256 g/mol. The van der Waals surface area contributed by atoms with Crippen molar-refractivity contribution in [1.29, 1.82) is 0 Å². The summed E-state index contributed by atoms with van der Waals surface area (Å²) in [4.78, 5) is 11.8. The van der Waals surface area contributed by atoms with Crippen LogP contribution < -0.4 is 9.47 Å². The SMILES string of the molecule is COc1cc(C2(C(=O)O)CCCC2)cc2c1OC(C)C2. The van der Waals surface area contributed by atoms with Crippen LogP contribution in [0, 0.1) is 0 Å². The van der Waals surface area contributed by atoms with Gasteiger partial charge in [-0.1, -0.05) is 18.9 Å². The van der Waals surface area contributed by atoms with Crippen molar-refractivity contribution in [3.05, 3.63) is 23.3 Å². The zero-order valence-electron chi connectivity index (χ0n) is 11.9. The lowest BCUT2D eigenvalue weighted by molar-refractivity contribution is -0.143. The number of carboxylic acid groups (broad SMARTS) is 1. The van der Waals surface area contributed by atoms with E-state index < -0.39 is 11.4 Å². The minimum atomic E-state index is -0.742. The first-order chi connectivity index (χ1) is 9.56. The first kappa shape index (κ1) is 13.3. The number of carboxylic acids is 1. The van der Waals surface area contributed by atoms with E-state index in [0.717, 1.165) is 36.1 Å². The number of aliphatic carboxylic acids is 1. The molecule has 108 valence electrons. The summed E-state index contributed by atoms with van der Waals surface area (Å²) in [6.07, 6.45) is 4.30. The molecule has 2 aliphatic rings. The monoisotopic (exact) mass is 276 g/mol. The number of carbonyl (C=O) groups is 1. The molecule has 1 unspecified atom stereocenters. The average molecular weight is 276 g/mol. The van der Waals surface area contributed by atoms with Crippen molar-refractivity contribution < 1.29 is 19.4 Å². The molecule has 1 fully saturated rings. The fraction of sp³-hybridized carbons (Fsp3) is 0.562. The molecular formula is C16H20O4. The van der Waals surface area contributed by atoms with Crippen molar-refractivity contribution in [3.8, 4) is 11.5 Å². The quantitative estimate of drug-likeness (QED) is 0.922. The molecule has 0 spiro atoms. The second-order valence-corrected chi connectivity index (χ2v) is 5.89. The molecule has 1 aromatic rings. The maximum absolute atomic E-state index is 11.8. The summed E-state index contributed by atoms with van der Waals surface area (Å²) >= 11 is 0. The van der Waals surface area contributed by atoms with Gasteiger partial charge in [0.25, 0.3) is 0 Å². The number of hydrogen-bond acceptors (Lipinski definition) is 3. The summed E-state index contributed by atoms with van der Waals surface area (Å²) in [5.41, 5.74) is 1.20. The van der Waals surface area contributed by atoms with Crippen LogP contribution in [-0.2, 0) is 16.6 Å². The van der Waals surface area contributed by atoms with Gasteiger partial charge in [-0.15, -0.1) is 0 Å². The molecule has 20 heavy (non-hydrogen) atoms. The van der Waals surface area contributed by atoms with Crippen molar-refractivity contribution in [2.45, 2.75) is 50.5 Å². The van der Waals surface area contributed by atoms with E-state index in [0.29, 0.717) is 18.6 Å². The molecule has 4 nitrogen and oxygen atoms in total. The van der Waals surface area contributed by atoms with Crippen molar-refractivity contribution in [2.75, 3.05) is 7.11 Å². The van der Waals surface area contributed by atoms with Crippen LogP contribution in [0.3, 0.4) is 0 Å². The largest absolute Gasteiger partial charge is 0.493 e. The van der Waals surface area contributed by atoms with Crippen LogP contribution in [0.4, 0.5) is 0 Å². The molecule has 1 aliphatic carbocycles. The first-order valence-electron chi connectivity index (χ1n) is 7.18. The number of rotatable bonds is 3. The first-order valence-corrected chi connectivity index (χ1v) is 7.18. The molecule has 3 rings (SSSR count). The second-order valence-electron chi connectivity index (χ2n) is 5.89. The van der Waals surface area contributed by atoms with E-state index in [1.165, 1.54) is 0 Å². The maximum Gasteiger partial charge on any atom is 0.314 e. The summed E-state index contributed by atoms with van der Waals surface area (Å²) in [5, 5.41) is 9.71. The molecule has 0 radical (unpaired) electrons. The van der Waals surface area contributed by atoms with E-state index in [9.17, 15) is 9.90 Å². The standard InChI is InChI=1S/C16H20O4/c1-10-7-11-8-12(9-13(19-2)14(11)20-10)16(15(17)18)5-3-4-6-16/h8-10H,3-7H2,1-2H3,(H,17,18). The molecule has 0 aromatic heterocycles. The molecule has 0 amide bonds. The van der Waals surface area contributed by atoms with Gasteiger partial charge in [-0.3, -0.25) is 4.79 Å². The van der Waals surface area contributed by atoms with Crippen LogP contribution in [0.15, 0.2) is 12.1 Å². The fourth-order valence-corrected chi connectivity index (χ4v) is 3.53. The van der Waals surface area contributed by atoms with E-state index in [2.05, 4.69) is 0 Å². The number of hydrogen-bond donors (Lipinski definition) is 1. The van der Waals surface area contributed by atoms with Crippen LogP contribution in [0.25, 0.3) is 0 Å². The van der Waals surface area contributed by atoms with E-state index in [4.69, 9.17) is 9.47 Å². The molecule has 1 aromatic carbocycles. The summed E-state index contributed by atoms with van der Waals surface area (Å²) in [7, 11) is 1.60. The van der Waals surface area contributed by atoms with Gasteiger partial charge in [0, 0.05) is 12.0 Å². The number of fused-ring (bicyclic) bond motifs is 1. The van der Waals surface area contributed by atoms with E-state index in [1.807, 2.05) is 19.1 Å². The molecule has 1 N–H and O–H groups in total. The Morgan fingerprint density at radius 2 is 2.10 bits per heavy atom. The Bertz CT molecular complexity index is 544. The lowest BCUT2D eigenvalue weighted by Gasteiger charge is -2.25. The highest BCUT2D eigenvalue weighted by atomic mass is 16.5. The highest BCUT2D eigenvalue weighted by Gasteiger charge is 2.44. The minimum absolute atomic E-state index is 0.124. The second kappa shape index (κ2) is 4.69. The normalized spacial score (nSPS) is 23.2. The molecule has 0 bridgehead atoms. The smallest absolute Gasteiger partial charge is 0.314 e. The third-order valence-electron chi connectivity index (χ3n) is 4.60. The highest BCUT2D eigenvalue weighted by Crippen LogP contribution is 2.47. The van der Waals surface area contributed by atoms with Crippen LogP contribution in [0.2, 0.25) is 0 Å². The van der Waals surface area contributed by atoms with Crippen molar-refractivity contribution in [2.24, 2.45) is 0 Å². The number of benzene rings is 1.